The third-order valence-corrected chi connectivity index (χ3v) is 3.82. The predicted molar refractivity (Wildman–Crippen MR) is 83.3 cm³/mol. The van der Waals surface area contributed by atoms with Crippen molar-refractivity contribution in [3.63, 3.8) is 0 Å². The van der Waals surface area contributed by atoms with Crippen molar-refractivity contribution in [1.82, 2.24) is 5.32 Å². The minimum absolute atomic E-state index is 0.0266. The van der Waals surface area contributed by atoms with E-state index < -0.39 is 0 Å². The number of carbonyl (C=O) groups excluding carboxylic acids is 1. The van der Waals surface area contributed by atoms with Crippen LogP contribution in [0.15, 0.2) is 23.8 Å². The molecule has 2 N–H and O–H groups in total. The fourth-order valence-corrected chi connectivity index (χ4v) is 2.62. The highest BCUT2D eigenvalue weighted by atomic mass is 16.5. The summed E-state index contributed by atoms with van der Waals surface area (Å²) in [5, 5.41) is 21.8. The number of nitrogens with zero attached hydrogens (tertiary/aromatic N) is 1. The van der Waals surface area contributed by atoms with Crippen LogP contribution in [0.5, 0.6) is 11.5 Å². The molecule has 0 heterocycles. The van der Waals surface area contributed by atoms with Crippen molar-refractivity contribution < 1.29 is 14.6 Å². The van der Waals surface area contributed by atoms with E-state index in [1.54, 1.807) is 12.1 Å². The summed E-state index contributed by atoms with van der Waals surface area (Å²) in [6.07, 6.45) is 6.84. The summed E-state index contributed by atoms with van der Waals surface area (Å²) >= 11 is 0. The van der Waals surface area contributed by atoms with E-state index in [9.17, 15) is 15.2 Å². The maximum Gasteiger partial charge on any atom is 0.262 e. The summed E-state index contributed by atoms with van der Waals surface area (Å²) in [6, 6.07) is 6.82. The molecule has 2 rings (SSSR count). The van der Waals surface area contributed by atoms with Gasteiger partial charge < -0.3 is 15.2 Å². The summed E-state index contributed by atoms with van der Waals surface area (Å²) in [6.45, 7) is 0. The van der Waals surface area contributed by atoms with Crippen molar-refractivity contribution >= 4 is 12.0 Å². The van der Waals surface area contributed by atoms with Gasteiger partial charge in [0.05, 0.1) is 7.11 Å². The molecule has 116 valence electrons. The first-order chi connectivity index (χ1) is 10.6. The van der Waals surface area contributed by atoms with Gasteiger partial charge >= 0.3 is 0 Å². The molecule has 1 fully saturated rings. The third kappa shape index (κ3) is 4.01. The van der Waals surface area contributed by atoms with Crippen LogP contribution in [0, 0.1) is 11.3 Å². The molecule has 1 saturated carbocycles. The second-order valence-corrected chi connectivity index (χ2v) is 5.41. The van der Waals surface area contributed by atoms with Gasteiger partial charge in [-0.3, -0.25) is 4.79 Å². The molecule has 22 heavy (non-hydrogen) atoms. The molecule has 0 spiro atoms. The number of aromatic hydroxyl groups is 1. The standard InChI is InChI=1S/C17H20N2O3/c1-22-16-8-7-12(10-15(16)20)9-13(11-18)17(21)19-14-5-3-2-4-6-14/h7-10,14,20H,2-6H2,1H3,(H,19,21). The van der Waals surface area contributed by atoms with Crippen molar-refractivity contribution in [2.45, 2.75) is 38.1 Å². The smallest absolute Gasteiger partial charge is 0.262 e. The number of amides is 1. The van der Waals surface area contributed by atoms with Crippen LogP contribution in [0.25, 0.3) is 6.08 Å². The monoisotopic (exact) mass is 300 g/mol. The normalized spacial score (nSPS) is 15.9. The van der Waals surface area contributed by atoms with Crippen LogP contribution < -0.4 is 10.1 Å². The second kappa shape index (κ2) is 7.51. The number of methoxy groups -OCH3 is 1. The zero-order valence-electron chi connectivity index (χ0n) is 12.6. The molecule has 0 aromatic heterocycles. The molecule has 0 aliphatic heterocycles. The van der Waals surface area contributed by atoms with Crippen molar-refractivity contribution in [2.75, 3.05) is 7.11 Å². The molecule has 0 unspecified atom stereocenters. The molecule has 5 heteroatoms. The number of phenols is 1. The van der Waals surface area contributed by atoms with Gasteiger partial charge in [-0.25, -0.2) is 0 Å². The lowest BCUT2D eigenvalue weighted by Crippen LogP contribution is -2.36. The Balaban J connectivity index is 2.11. The molecule has 0 saturated heterocycles. The zero-order chi connectivity index (χ0) is 15.9. The van der Waals surface area contributed by atoms with Gasteiger partial charge in [0, 0.05) is 6.04 Å². The van der Waals surface area contributed by atoms with Gasteiger partial charge in [-0.2, -0.15) is 5.26 Å². The van der Waals surface area contributed by atoms with Crippen LogP contribution in [0.1, 0.15) is 37.7 Å². The third-order valence-electron chi connectivity index (χ3n) is 3.82. The first kappa shape index (κ1) is 15.9. The number of hydrogen-bond acceptors (Lipinski definition) is 4. The fourth-order valence-electron chi connectivity index (χ4n) is 2.62. The summed E-state index contributed by atoms with van der Waals surface area (Å²) < 4.78 is 4.96. The zero-order valence-corrected chi connectivity index (χ0v) is 12.6. The van der Waals surface area contributed by atoms with E-state index >= 15 is 0 Å². The summed E-state index contributed by atoms with van der Waals surface area (Å²) in [7, 11) is 1.46. The van der Waals surface area contributed by atoms with Gasteiger partial charge in [0.15, 0.2) is 11.5 Å². The molecule has 0 bridgehead atoms. The van der Waals surface area contributed by atoms with E-state index in [1.165, 1.54) is 25.7 Å². The summed E-state index contributed by atoms with van der Waals surface area (Å²) in [5.74, 6) is -0.0340. The minimum atomic E-state index is -0.357. The number of nitrogens with one attached hydrogen (secondary N) is 1. The Hall–Kier alpha value is -2.48. The van der Waals surface area contributed by atoms with Gasteiger partial charge in [-0.15, -0.1) is 0 Å². The number of benzene rings is 1. The quantitative estimate of drug-likeness (QED) is 0.661. The predicted octanol–water partition coefficient (Wildman–Crippen LogP) is 2.76. The second-order valence-electron chi connectivity index (χ2n) is 5.41. The van der Waals surface area contributed by atoms with Crippen LogP contribution in [0.4, 0.5) is 0 Å². The number of ether oxygens (including phenoxy) is 1. The lowest BCUT2D eigenvalue weighted by molar-refractivity contribution is -0.117. The van der Waals surface area contributed by atoms with Crippen LogP contribution in [0.3, 0.4) is 0 Å². The van der Waals surface area contributed by atoms with Gasteiger partial charge in [-0.05, 0) is 36.6 Å². The van der Waals surface area contributed by atoms with Crippen molar-refractivity contribution in [3.8, 4) is 17.6 Å². The maximum absolute atomic E-state index is 12.2. The van der Waals surface area contributed by atoms with Crippen LogP contribution in [-0.2, 0) is 4.79 Å². The number of phenolic OH excluding ortho intramolecular Hbond substituents is 1. The van der Waals surface area contributed by atoms with Gasteiger partial charge in [-0.1, -0.05) is 25.3 Å². The Labute approximate surface area is 130 Å². The van der Waals surface area contributed by atoms with E-state index in [-0.39, 0.29) is 23.3 Å². The average Bonchev–Trinajstić information content (AvgIpc) is 2.53. The Bertz CT molecular complexity index is 611. The van der Waals surface area contributed by atoms with Crippen molar-refractivity contribution in [2.24, 2.45) is 0 Å². The molecule has 0 atom stereocenters. The van der Waals surface area contributed by atoms with Crippen LogP contribution in [-0.4, -0.2) is 24.2 Å². The first-order valence-corrected chi connectivity index (χ1v) is 7.43. The molecule has 5 nitrogen and oxygen atoms in total. The van der Waals surface area contributed by atoms with E-state index in [1.807, 2.05) is 6.07 Å². The highest BCUT2D eigenvalue weighted by Gasteiger charge is 2.18. The maximum atomic E-state index is 12.2. The highest BCUT2D eigenvalue weighted by Crippen LogP contribution is 2.27. The van der Waals surface area contributed by atoms with Crippen molar-refractivity contribution in [1.29, 1.82) is 5.26 Å². The molecule has 1 amide bonds. The largest absolute Gasteiger partial charge is 0.504 e. The number of nitriles is 1. The van der Waals surface area contributed by atoms with Crippen LogP contribution in [0.2, 0.25) is 0 Å². The van der Waals surface area contributed by atoms with E-state index in [2.05, 4.69) is 5.32 Å². The summed E-state index contributed by atoms with van der Waals surface area (Å²) in [5.41, 5.74) is 0.615. The molecule has 1 aromatic carbocycles. The Kier molecular flexibility index (Phi) is 5.42. The molecular weight excluding hydrogens is 280 g/mol. The van der Waals surface area contributed by atoms with Gasteiger partial charge in [0.1, 0.15) is 11.6 Å². The number of hydrogen-bond donors (Lipinski definition) is 2. The van der Waals surface area contributed by atoms with E-state index in [0.29, 0.717) is 11.3 Å². The molecule has 1 aliphatic rings. The summed E-state index contributed by atoms with van der Waals surface area (Å²) in [4.78, 5) is 12.2. The topological polar surface area (TPSA) is 82.3 Å². The SMILES string of the molecule is COc1ccc(C=C(C#N)C(=O)NC2CCCCC2)cc1O. The minimum Gasteiger partial charge on any atom is -0.504 e. The Morgan fingerprint density at radius 3 is 2.73 bits per heavy atom. The van der Waals surface area contributed by atoms with Gasteiger partial charge in [0.25, 0.3) is 5.91 Å². The highest BCUT2D eigenvalue weighted by molar-refractivity contribution is 6.01. The fraction of sp³-hybridized carbons (Fsp3) is 0.412. The van der Waals surface area contributed by atoms with Crippen molar-refractivity contribution in [3.05, 3.63) is 29.3 Å². The lowest BCUT2D eigenvalue weighted by Gasteiger charge is -2.22. The molecule has 1 aliphatic carbocycles. The van der Waals surface area contributed by atoms with Crippen LogP contribution >= 0.6 is 0 Å². The number of rotatable bonds is 4. The van der Waals surface area contributed by atoms with Gasteiger partial charge in [0.2, 0.25) is 0 Å². The molecule has 0 radical (unpaired) electrons. The Morgan fingerprint density at radius 1 is 1.41 bits per heavy atom. The van der Waals surface area contributed by atoms with E-state index in [0.717, 1.165) is 25.7 Å². The molecular formula is C17H20N2O3. The van der Waals surface area contributed by atoms with E-state index in [4.69, 9.17) is 4.74 Å². The molecule has 1 aromatic rings. The average molecular weight is 300 g/mol. The number of carbonyl (C=O) groups is 1. The Morgan fingerprint density at radius 2 is 2.14 bits per heavy atom. The first-order valence-electron chi connectivity index (χ1n) is 7.43. The lowest BCUT2D eigenvalue weighted by atomic mass is 9.95.